The number of nitrogens with two attached hydrogens (primary N) is 1. The number of hydrogen-bond acceptors (Lipinski definition) is 3. The molecule has 86 valence electrons. The Balaban J connectivity index is 2.17. The van der Waals surface area contributed by atoms with Crippen molar-refractivity contribution in [1.29, 1.82) is 0 Å². The third-order valence-electron chi connectivity index (χ3n) is 1.78. The number of thiol groups is 1. The van der Waals surface area contributed by atoms with E-state index in [0.717, 1.165) is 29.3 Å². The Labute approximate surface area is 100 Å². The van der Waals surface area contributed by atoms with Gasteiger partial charge in [-0.2, -0.15) is 0 Å². The van der Waals surface area contributed by atoms with Crippen molar-refractivity contribution in [3.63, 3.8) is 0 Å². The van der Waals surface area contributed by atoms with E-state index in [1.807, 2.05) is 24.3 Å². The second kappa shape index (κ2) is 7.94. The normalized spacial score (nSPS) is 10.9. The lowest BCUT2D eigenvalue weighted by atomic mass is 10.2. The van der Waals surface area contributed by atoms with E-state index < -0.39 is 0 Å². The Morgan fingerprint density at radius 3 is 2.88 bits per heavy atom. The molecule has 0 aliphatic rings. The number of benzene rings is 1. The van der Waals surface area contributed by atoms with E-state index >= 15 is 0 Å². The van der Waals surface area contributed by atoms with Crippen molar-refractivity contribution in [2.75, 3.05) is 25.5 Å². The van der Waals surface area contributed by atoms with E-state index in [-0.39, 0.29) is 0 Å². The van der Waals surface area contributed by atoms with Crippen LogP contribution in [-0.4, -0.2) is 25.1 Å². The summed E-state index contributed by atoms with van der Waals surface area (Å²) in [5, 5.41) is 2.07. The molecule has 4 heteroatoms. The van der Waals surface area contributed by atoms with Crippen molar-refractivity contribution >= 4 is 22.6 Å². The summed E-state index contributed by atoms with van der Waals surface area (Å²) in [6, 6.07) is 7.74. The van der Waals surface area contributed by atoms with Gasteiger partial charge in [-0.15, -0.1) is 18.0 Å². The minimum atomic E-state index is 0.375. The summed E-state index contributed by atoms with van der Waals surface area (Å²) >= 11 is 1.05. The Morgan fingerprint density at radius 1 is 1.44 bits per heavy atom. The van der Waals surface area contributed by atoms with Crippen molar-refractivity contribution in [3.05, 3.63) is 29.8 Å². The van der Waals surface area contributed by atoms with Crippen molar-refractivity contribution in [1.82, 2.24) is 4.72 Å². The quantitative estimate of drug-likeness (QED) is 0.227. The van der Waals surface area contributed by atoms with Gasteiger partial charge in [0.05, 0.1) is 6.61 Å². The first-order chi connectivity index (χ1) is 7.83. The molecule has 0 saturated heterocycles. The van der Waals surface area contributed by atoms with Gasteiger partial charge in [0.15, 0.2) is 0 Å². The maximum Gasteiger partial charge on any atom is 0.107 e. The Morgan fingerprint density at radius 2 is 2.19 bits per heavy atom. The third kappa shape index (κ3) is 5.56. The highest BCUT2D eigenvalue weighted by Crippen LogP contribution is 2.03. The van der Waals surface area contributed by atoms with Gasteiger partial charge in [0.2, 0.25) is 0 Å². The number of rotatable bonds is 6. The summed E-state index contributed by atoms with van der Waals surface area (Å²) in [6.45, 7) is 1.79. The lowest BCUT2D eigenvalue weighted by Gasteiger charge is -1.99. The van der Waals surface area contributed by atoms with Crippen LogP contribution < -0.4 is 10.5 Å². The molecule has 0 radical (unpaired) electrons. The Hall–Kier alpha value is -1.28. The molecule has 0 heterocycles. The SMILES string of the molecule is C#CCOCCN[SH]=Cc1ccc(N)cc1. The van der Waals surface area contributed by atoms with E-state index in [9.17, 15) is 0 Å². The molecule has 3 N–H and O–H groups in total. The summed E-state index contributed by atoms with van der Waals surface area (Å²) in [6.07, 6.45) is 5.04. The van der Waals surface area contributed by atoms with Crippen molar-refractivity contribution in [2.45, 2.75) is 0 Å². The number of hydrogen-bond donors (Lipinski definition) is 3. The van der Waals surface area contributed by atoms with Crippen LogP contribution in [0.3, 0.4) is 0 Å². The van der Waals surface area contributed by atoms with E-state index in [1.54, 1.807) is 0 Å². The summed E-state index contributed by atoms with van der Waals surface area (Å²) < 4.78 is 8.32. The molecule has 0 amide bonds. The summed E-state index contributed by atoms with van der Waals surface area (Å²) in [5.74, 6) is 2.42. The highest BCUT2D eigenvalue weighted by Gasteiger charge is 1.86. The summed E-state index contributed by atoms with van der Waals surface area (Å²) in [7, 11) is 0. The maximum atomic E-state index is 5.59. The predicted molar refractivity (Wildman–Crippen MR) is 72.7 cm³/mol. The van der Waals surface area contributed by atoms with Gasteiger partial charge in [0.25, 0.3) is 0 Å². The molecule has 0 aliphatic carbocycles. The fourth-order valence-corrected chi connectivity index (χ4v) is 1.65. The molecule has 3 nitrogen and oxygen atoms in total. The molecular weight excluding hydrogens is 220 g/mol. The zero-order valence-electron chi connectivity index (χ0n) is 9.02. The smallest absolute Gasteiger partial charge is 0.107 e. The first-order valence-electron chi connectivity index (χ1n) is 4.95. The van der Waals surface area contributed by atoms with Gasteiger partial charge in [0, 0.05) is 12.2 Å². The van der Waals surface area contributed by atoms with Crippen LogP contribution in [0.1, 0.15) is 5.56 Å². The second-order valence-electron chi connectivity index (χ2n) is 3.09. The zero-order valence-corrected chi connectivity index (χ0v) is 9.91. The number of ether oxygens (including phenoxy) is 1. The molecule has 1 aromatic rings. The summed E-state index contributed by atoms with van der Waals surface area (Å²) in [4.78, 5) is 0. The van der Waals surface area contributed by atoms with Crippen molar-refractivity contribution < 1.29 is 4.74 Å². The first kappa shape index (κ1) is 12.8. The molecule has 1 aromatic carbocycles. The highest BCUT2D eigenvalue weighted by atomic mass is 32.1. The molecule has 0 aromatic heterocycles. The van der Waals surface area contributed by atoms with E-state index in [1.165, 1.54) is 0 Å². The molecular formula is C12H16N2OS. The fourth-order valence-electron chi connectivity index (χ4n) is 1.02. The van der Waals surface area contributed by atoms with E-state index in [2.05, 4.69) is 16.0 Å². The highest BCUT2D eigenvalue weighted by molar-refractivity contribution is 7.96. The lowest BCUT2D eigenvalue weighted by molar-refractivity contribution is 0.173. The topological polar surface area (TPSA) is 47.3 Å². The second-order valence-corrected chi connectivity index (χ2v) is 3.92. The van der Waals surface area contributed by atoms with E-state index in [0.29, 0.717) is 13.2 Å². The van der Waals surface area contributed by atoms with Crippen LogP contribution in [-0.2, 0) is 4.74 Å². The Bertz CT molecular complexity index is 368. The van der Waals surface area contributed by atoms with Crippen LogP contribution in [0, 0.1) is 12.3 Å². The van der Waals surface area contributed by atoms with Crippen LogP contribution >= 0.6 is 11.5 Å². The number of terminal acetylenes is 1. The van der Waals surface area contributed by atoms with Crippen LogP contribution in [0.25, 0.3) is 0 Å². The van der Waals surface area contributed by atoms with Gasteiger partial charge in [-0.05, 0) is 23.1 Å². The van der Waals surface area contributed by atoms with Gasteiger partial charge in [-0.3, -0.25) is 4.72 Å². The molecule has 1 rings (SSSR count). The van der Waals surface area contributed by atoms with Crippen molar-refractivity contribution in [2.24, 2.45) is 0 Å². The molecule has 0 atom stereocenters. The fraction of sp³-hybridized carbons (Fsp3) is 0.250. The number of nitrogen functional groups attached to an aromatic ring is 1. The maximum absolute atomic E-state index is 5.59. The standard InChI is InChI=1S/C12H16N2OS/c1-2-8-15-9-7-14-16-10-11-3-5-12(13)6-4-11/h1,3-6,10,14,16H,7-9,13H2. The third-order valence-corrected chi connectivity index (χ3v) is 2.62. The molecule has 0 spiro atoms. The van der Waals surface area contributed by atoms with Gasteiger partial charge in [0.1, 0.15) is 6.61 Å². The van der Waals surface area contributed by atoms with Gasteiger partial charge in [-0.25, -0.2) is 0 Å². The minimum Gasteiger partial charge on any atom is -0.399 e. The average Bonchev–Trinajstić information content (AvgIpc) is 2.30. The molecule has 0 bridgehead atoms. The largest absolute Gasteiger partial charge is 0.399 e. The summed E-state index contributed by atoms with van der Waals surface area (Å²) in [5.41, 5.74) is 7.51. The number of anilines is 1. The average molecular weight is 236 g/mol. The van der Waals surface area contributed by atoms with Crippen LogP contribution in [0.15, 0.2) is 24.3 Å². The molecule has 0 aliphatic heterocycles. The molecule has 0 saturated carbocycles. The van der Waals surface area contributed by atoms with Gasteiger partial charge >= 0.3 is 0 Å². The van der Waals surface area contributed by atoms with Crippen LogP contribution in [0.5, 0.6) is 0 Å². The van der Waals surface area contributed by atoms with Crippen LogP contribution in [0.4, 0.5) is 5.69 Å². The minimum absolute atomic E-state index is 0.375. The Kier molecular flexibility index (Phi) is 6.35. The van der Waals surface area contributed by atoms with Gasteiger partial charge < -0.3 is 10.5 Å². The lowest BCUT2D eigenvalue weighted by Crippen LogP contribution is -2.11. The monoisotopic (exact) mass is 236 g/mol. The first-order valence-corrected chi connectivity index (χ1v) is 5.92. The van der Waals surface area contributed by atoms with Crippen LogP contribution in [0.2, 0.25) is 0 Å². The molecule has 0 fully saturated rings. The van der Waals surface area contributed by atoms with E-state index in [4.69, 9.17) is 16.9 Å². The predicted octanol–water partition coefficient (Wildman–Crippen LogP) is 1.04. The van der Waals surface area contributed by atoms with Gasteiger partial charge in [-0.1, -0.05) is 18.1 Å². The van der Waals surface area contributed by atoms with Crippen molar-refractivity contribution in [3.8, 4) is 12.3 Å². The molecule has 0 unspecified atom stereocenters. The number of nitrogens with one attached hydrogen (secondary N) is 1. The zero-order chi connectivity index (χ0) is 11.6. The molecule has 16 heavy (non-hydrogen) atoms.